The van der Waals surface area contributed by atoms with E-state index in [1.807, 2.05) is 6.92 Å². The molecule has 6 heteroatoms. The standard InChI is InChI=1S/C12H15FN4O/c1-3-7-14-11-15-16(2)12(18)17(11)10-6-4-5-9(13)8-10/h4-6,8H,3,7H2,1-2H3,(H,14,15). The van der Waals surface area contributed by atoms with Gasteiger partial charge < -0.3 is 5.32 Å². The first-order valence-corrected chi connectivity index (χ1v) is 5.79. The summed E-state index contributed by atoms with van der Waals surface area (Å²) in [5.74, 6) is 0.0413. The van der Waals surface area contributed by atoms with Crippen LogP contribution in [0.2, 0.25) is 0 Å². The molecular weight excluding hydrogens is 235 g/mol. The van der Waals surface area contributed by atoms with E-state index < -0.39 is 0 Å². The number of hydrogen-bond donors (Lipinski definition) is 1. The number of aromatic nitrogens is 3. The van der Waals surface area contributed by atoms with E-state index in [0.717, 1.165) is 6.42 Å². The van der Waals surface area contributed by atoms with Crippen LogP contribution in [0.5, 0.6) is 0 Å². The van der Waals surface area contributed by atoms with Crippen molar-refractivity contribution in [1.29, 1.82) is 0 Å². The number of hydrogen-bond acceptors (Lipinski definition) is 3. The summed E-state index contributed by atoms with van der Waals surface area (Å²) < 4.78 is 15.8. The van der Waals surface area contributed by atoms with Gasteiger partial charge in [-0.2, -0.15) is 0 Å². The minimum absolute atomic E-state index is 0.306. The molecule has 0 aliphatic heterocycles. The van der Waals surface area contributed by atoms with Crippen molar-refractivity contribution in [2.75, 3.05) is 11.9 Å². The van der Waals surface area contributed by atoms with Crippen molar-refractivity contribution >= 4 is 5.95 Å². The lowest BCUT2D eigenvalue weighted by molar-refractivity contribution is 0.626. The molecule has 1 N–H and O–H groups in total. The van der Waals surface area contributed by atoms with Gasteiger partial charge in [-0.1, -0.05) is 13.0 Å². The summed E-state index contributed by atoms with van der Waals surface area (Å²) in [6.07, 6.45) is 0.911. The number of aryl methyl sites for hydroxylation is 1. The average molecular weight is 250 g/mol. The quantitative estimate of drug-likeness (QED) is 0.895. The summed E-state index contributed by atoms with van der Waals surface area (Å²) in [6, 6.07) is 5.88. The van der Waals surface area contributed by atoms with Crippen molar-refractivity contribution in [3.63, 3.8) is 0 Å². The van der Waals surface area contributed by atoms with E-state index in [1.165, 1.54) is 21.4 Å². The zero-order valence-corrected chi connectivity index (χ0v) is 10.4. The molecule has 18 heavy (non-hydrogen) atoms. The fraction of sp³-hybridized carbons (Fsp3) is 0.333. The highest BCUT2D eigenvalue weighted by molar-refractivity contribution is 5.40. The molecule has 0 saturated carbocycles. The lowest BCUT2D eigenvalue weighted by Crippen LogP contribution is -2.22. The van der Waals surface area contributed by atoms with Gasteiger partial charge in [0.15, 0.2) is 0 Å². The van der Waals surface area contributed by atoms with Gasteiger partial charge in [0.1, 0.15) is 5.82 Å². The van der Waals surface area contributed by atoms with E-state index in [-0.39, 0.29) is 11.5 Å². The van der Waals surface area contributed by atoms with Crippen LogP contribution in [0.15, 0.2) is 29.1 Å². The van der Waals surface area contributed by atoms with Gasteiger partial charge in [-0.3, -0.25) is 0 Å². The second-order valence-corrected chi connectivity index (χ2v) is 3.97. The minimum atomic E-state index is -0.385. The fourth-order valence-corrected chi connectivity index (χ4v) is 1.66. The first-order valence-electron chi connectivity index (χ1n) is 5.79. The first kappa shape index (κ1) is 12.3. The van der Waals surface area contributed by atoms with Crippen LogP contribution in [-0.2, 0) is 7.05 Å². The largest absolute Gasteiger partial charge is 0.354 e. The maximum absolute atomic E-state index is 13.2. The van der Waals surface area contributed by atoms with Crippen molar-refractivity contribution in [2.45, 2.75) is 13.3 Å². The van der Waals surface area contributed by atoms with Crippen LogP contribution in [0.25, 0.3) is 5.69 Å². The van der Waals surface area contributed by atoms with Gasteiger partial charge in [0.05, 0.1) is 5.69 Å². The predicted octanol–water partition coefficient (Wildman–Crippen LogP) is 1.53. The van der Waals surface area contributed by atoms with Gasteiger partial charge in [0.2, 0.25) is 5.95 Å². The number of nitrogens with one attached hydrogen (secondary N) is 1. The Bertz CT molecular complexity index is 602. The van der Waals surface area contributed by atoms with Crippen molar-refractivity contribution in [3.8, 4) is 5.69 Å². The van der Waals surface area contributed by atoms with E-state index in [0.29, 0.717) is 18.2 Å². The van der Waals surface area contributed by atoms with Crippen LogP contribution in [0, 0.1) is 5.82 Å². The van der Waals surface area contributed by atoms with Gasteiger partial charge in [-0.15, -0.1) is 5.10 Å². The van der Waals surface area contributed by atoms with Crippen LogP contribution in [-0.4, -0.2) is 20.9 Å². The zero-order chi connectivity index (χ0) is 13.1. The maximum atomic E-state index is 13.2. The van der Waals surface area contributed by atoms with Gasteiger partial charge >= 0.3 is 5.69 Å². The molecule has 0 atom stereocenters. The highest BCUT2D eigenvalue weighted by Gasteiger charge is 2.12. The molecule has 1 aromatic heterocycles. The molecule has 0 fully saturated rings. The lowest BCUT2D eigenvalue weighted by Gasteiger charge is -2.06. The Morgan fingerprint density at radius 2 is 2.22 bits per heavy atom. The third-order valence-electron chi connectivity index (χ3n) is 2.52. The normalized spacial score (nSPS) is 10.6. The smallest absolute Gasteiger partial charge is 0.351 e. The number of rotatable bonds is 4. The molecule has 0 spiro atoms. The molecule has 0 aliphatic rings. The van der Waals surface area contributed by atoms with Crippen LogP contribution in [0.1, 0.15) is 13.3 Å². The van der Waals surface area contributed by atoms with Gasteiger partial charge in [0, 0.05) is 13.6 Å². The number of anilines is 1. The molecule has 0 amide bonds. The van der Waals surface area contributed by atoms with Crippen molar-refractivity contribution < 1.29 is 4.39 Å². The van der Waals surface area contributed by atoms with E-state index in [4.69, 9.17) is 0 Å². The van der Waals surface area contributed by atoms with E-state index >= 15 is 0 Å². The Labute approximate surface area is 104 Å². The molecule has 2 rings (SSSR count). The van der Waals surface area contributed by atoms with E-state index in [1.54, 1.807) is 19.2 Å². The highest BCUT2D eigenvalue weighted by Crippen LogP contribution is 2.12. The third-order valence-corrected chi connectivity index (χ3v) is 2.52. The fourth-order valence-electron chi connectivity index (χ4n) is 1.66. The zero-order valence-electron chi connectivity index (χ0n) is 10.4. The molecule has 0 saturated heterocycles. The maximum Gasteiger partial charge on any atom is 0.351 e. The predicted molar refractivity (Wildman–Crippen MR) is 67.5 cm³/mol. The second kappa shape index (κ2) is 5.03. The van der Waals surface area contributed by atoms with Crippen LogP contribution in [0.3, 0.4) is 0 Å². The van der Waals surface area contributed by atoms with E-state index in [2.05, 4.69) is 10.4 Å². The van der Waals surface area contributed by atoms with Gasteiger partial charge in [-0.05, 0) is 24.6 Å². The molecular formula is C12H15FN4O. The third kappa shape index (κ3) is 2.27. The molecule has 0 unspecified atom stereocenters. The summed E-state index contributed by atoms with van der Waals surface area (Å²) in [5, 5.41) is 7.14. The Balaban J connectivity index is 2.51. The summed E-state index contributed by atoms with van der Waals surface area (Å²) in [7, 11) is 1.56. The van der Waals surface area contributed by atoms with Gasteiger partial charge in [-0.25, -0.2) is 18.4 Å². The highest BCUT2D eigenvalue weighted by atomic mass is 19.1. The van der Waals surface area contributed by atoms with Crippen molar-refractivity contribution in [3.05, 3.63) is 40.6 Å². The van der Waals surface area contributed by atoms with Crippen LogP contribution in [0.4, 0.5) is 10.3 Å². The SMILES string of the molecule is CCCNc1nn(C)c(=O)n1-c1cccc(F)c1. The van der Waals surface area contributed by atoms with Gasteiger partial charge in [0.25, 0.3) is 0 Å². The summed E-state index contributed by atoms with van der Waals surface area (Å²) >= 11 is 0. The number of benzene rings is 1. The molecule has 1 heterocycles. The van der Waals surface area contributed by atoms with Crippen LogP contribution >= 0.6 is 0 Å². The number of nitrogens with zero attached hydrogens (tertiary/aromatic N) is 3. The Hall–Kier alpha value is -2.11. The average Bonchev–Trinajstić information content (AvgIpc) is 2.62. The minimum Gasteiger partial charge on any atom is -0.354 e. The summed E-state index contributed by atoms with van der Waals surface area (Å²) in [6.45, 7) is 2.71. The summed E-state index contributed by atoms with van der Waals surface area (Å²) in [4.78, 5) is 12.0. The molecule has 0 aliphatic carbocycles. The second-order valence-electron chi connectivity index (χ2n) is 3.97. The Kier molecular flexibility index (Phi) is 3.45. The first-order chi connectivity index (χ1) is 8.63. The number of halogens is 1. The Morgan fingerprint density at radius 3 is 2.89 bits per heavy atom. The molecule has 2 aromatic rings. The van der Waals surface area contributed by atoms with E-state index in [9.17, 15) is 9.18 Å². The monoisotopic (exact) mass is 250 g/mol. The van der Waals surface area contributed by atoms with Crippen molar-refractivity contribution in [1.82, 2.24) is 14.3 Å². The Morgan fingerprint density at radius 1 is 1.44 bits per heavy atom. The molecule has 0 bridgehead atoms. The van der Waals surface area contributed by atoms with Crippen molar-refractivity contribution in [2.24, 2.45) is 7.05 Å². The molecule has 96 valence electrons. The topological polar surface area (TPSA) is 51.9 Å². The lowest BCUT2D eigenvalue weighted by atomic mass is 10.3. The molecule has 1 aromatic carbocycles. The molecule has 0 radical (unpaired) electrons. The summed E-state index contributed by atoms with van der Waals surface area (Å²) in [5.41, 5.74) is 0.158. The molecule has 5 nitrogen and oxygen atoms in total. The van der Waals surface area contributed by atoms with Crippen LogP contribution < -0.4 is 11.0 Å².